The van der Waals surface area contributed by atoms with E-state index in [-0.39, 0.29) is 11.9 Å². The van der Waals surface area contributed by atoms with Crippen molar-refractivity contribution in [2.24, 2.45) is 7.05 Å². The van der Waals surface area contributed by atoms with Gasteiger partial charge in [0.05, 0.1) is 9.90 Å². The second kappa shape index (κ2) is 5.71. The van der Waals surface area contributed by atoms with E-state index >= 15 is 0 Å². The Morgan fingerprint density at radius 1 is 1.41 bits per heavy atom. The van der Waals surface area contributed by atoms with E-state index in [1.54, 1.807) is 30.9 Å². The van der Waals surface area contributed by atoms with E-state index in [2.05, 4.69) is 20.6 Å². The van der Waals surface area contributed by atoms with E-state index in [4.69, 9.17) is 27.6 Å². The Kier molecular flexibility index (Phi) is 3.90. The number of amides is 1. The molecule has 22 heavy (non-hydrogen) atoms. The maximum Gasteiger partial charge on any atom is 0.322 e. The average molecular weight is 358 g/mol. The molecule has 0 fully saturated rings. The van der Waals surface area contributed by atoms with Gasteiger partial charge in [0, 0.05) is 18.8 Å². The first-order valence-electron chi connectivity index (χ1n) is 6.04. The van der Waals surface area contributed by atoms with Gasteiger partial charge in [-0.15, -0.1) is 16.4 Å². The standard InChI is InChI=1S/C12H9Cl2N5O2S/c1-5-4-19(2)18-8(5)10(20)15-12-17-16-11(21-12)6-3-7(13)22-9(6)14/h3-4H,1-2H3,(H,15,17,20). The predicted octanol–water partition coefficient (Wildman–Crippen LogP) is 3.40. The lowest BCUT2D eigenvalue weighted by Crippen LogP contribution is -2.14. The van der Waals surface area contributed by atoms with Crippen molar-refractivity contribution in [3.8, 4) is 11.5 Å². The number of hydrogen-bond donors (Lipinski definition) is 1. The van der Waals surface area contributed by atoms with Gasteiger partial charge >= 0.3 is 6.01 Å². The third-order valence-corrected chi connectivity index (χ3v) is 4.25. The van der Waals surface area contributed by atoms with Crippen LogP contribution in [0.25, 0.3) is 11.5 Å². The van der Waals surface area contributed by atoms with Crippen molar-refractivity contribution in [1.82, 2.24) is 20.0 Å². The molecular weight excluding hydrogens is 349 g/mol. The molecule has 10 heteroatoms. The van der Waals surface area contributed by atoms with E-state index in [1.165, 1.54) is 11.3 Å². The topological polar surface area (TPSA) is 85.8 Å². The largest absolute Gasteiger partial charge is 0.403 e. The van der Waals surface area contributed by atoms with E-state index < -0.39 is 5.91 Å². The Morgan fingerprint density at radius 2 is 2.18 bits per heavy atom. The molecule has 1 N–H and O–H groups in total. The third-order valence-electron chi connectivity index (χ3n) is 2.76. The molecule has 0 atom stereocenters. The minimum Gasteiger partial charge on any atom is -0.403 e. The lowest BCUT2D eigenvalue weighted by Gasteiger charge is -1.97. The van der Waals surface area contributed by atoms with Crippen LogP contribution in [0.15, 0.2) is 16.7 Å². The van der Waals surface area contributed by atoms with Crippen LogP contribution in [0.2, 0.25) is 8.67 Å². The highest BCUT2D eigenvalue weighted by atomic mass is 35.5. The highest BCUT2D eigenvalue weighted by Gasteiger charge is 2.19. The lowest BCUT2D eigenvalue weighted by atomic mass is 10.3. The molecule has 114 valence electrons. The number of rotatable bonds is 3. The van der Waals surface area contributed by atoms with Gasteiger partial charge in [-0.3, -0.25) is 14.8 Å². The number of aromatic nitrogens is 4. The maximum absolute atomic E-state index is 12.1. The van der Waals surface area contributed by atoms with Gasteiger partial charge < -0.3 is 4.42 Å². The maximum atomic E-state index is 12.1. The van der Waals surface area contributed by atoms with Gasteiger partial charge in [-0.1, -0.05) is 28.3 Å². The van der Waals surface area contributed by atoms with Crippen LogP contribution in [0.4, 0.5) is 6.01 Å². The first-order valence-corrected chi connectivity index (χ1v) is 7.61. The summed E-state index contributed by atoms with van der Waals surface area (Å²) < 4.78 is 7.87. The zero-order valence-electron chi connectivity index (χ0n) is 11.4. The van der Waals surface area contributed by atoms with Crippen LogP contribution in [0.3, 0.4) is 0 Å². The molecule has 0 saturated carbocycles. The molecule has 7 nitrogen and oxygen atoms in total. The fraction of sp³-hybridized carbons (Fsp3) is 0.167. The molecule has 0 spiro atoms. The molecule has 0 aliphatic carbocycles. The van der Waals surface area contributed by atoms with E-state index in [0.29, 0.717) is 19.9 Å². The quantitative estimate of drug-likeness (QED) is 0.776. The fourth-order valence-corrected chi connectivity index (χ4v) is 3.30. The smallest absolute Gasteiger partial charge is 0.322 e. The van der Waals surface area contributed by atoms with Gasteiger partial charge in [-0.25, -0.2) is 0 Å². The fourth-order valence-electron chi connectivity index (χ4n) is 1.86. The number of carbonyl (C=O) groups is 1. The summed E-state index contributed by atoms with van der Waals surface area (Å²) in [6.45, 7) is 1.79. The highest BCUT2D eigenvalue weighted by molar-refractivity contribution is 7.20. The highest BCUT2D eigenvalue weighted by Crippen LogP contribution is 2.37. The van der Waals surface area contributed by atoms with Crippen molar-refractivity contribution in [3.63, 3.8) is 0 Å². The molecule has 0 aliphatic heterocycles. The molecule has 3 aromatic heterocycles. The van der Waals surface area contributed by atoms with Crippen molar-refractivity contribution < 1.29 is 9.21 Å². The van der Waals surface area contributed by atoms with Gasteiger partial charge in [0.2, 0.25) is 0 Å². The zero-order chi connectivity index (χ0) is 15.9. The summed E-state index contributed by atoms with van der Waals surface area (Å²) >= 11 is 13.1. The van der Waals surface area contributed by atoms with E-state index in [1.807, 2.05) is 0 Å². The van der Waals surface area contributed by atoms with Crippen molar-refractivity contribution in [3.05, 3.63) is 32.2 Å². The summed E-state index contributed by atoms with van der Waals surface area (Å²) in [5, 5.41) is 14.2. The molecule has 0 radical (unpaired) electrons. The Hall–Kier alpha value is -1.90. The van der Waals surface area contributed by atoms with E-state index in [0.717, 1.165) is 5.56 Å². The number of carbonyl (C=O) groups excluding carboxylic acids is 1. The first-order chi connectivity index (χ1) is 10.4. The number of nitrogens with zero attached hydrogens (tertiary/aromatic N) is 4. The molecular formula is C12H9Cl2N5O2S. The van der Waals surface area contributed by atoms with Gasteiger partial charge in [0.15, 0.2) is 5.69 Å². The molecule has 0 bridgehead atoms. The number of thiophene rings is 1. The molecule has 0 aliphatic rings. The molecule has 3 aromatic rings. The van der Waals surface area contributed by atoms with E-state index in [9.17, 15) is 4.79 Å². The molecule has 1 amide bonds. The van der Waals surface area contributed by atoms with Crippen LogP contribution in [-0.4, -0.2) is 25.9 Å². The Balaban J connectivity index is 1.81. The summed E-state index contributed by atoms with van der Waals surface area (Å²) in [6.07, 6.45) is 1.74. The van der Waals surface area contributed by atoms with Crippen molar-refractivity contribution >= 4 is 46.5 Å². The molecule has 0 saturated heterocycles. The van der Waals surface area contributed by atoms with Gasteiger partial charge in [0.1, 0.15) is 4.34 Å². The zero-order valence-corrected chi connectivity index (χ0v) is 13.8. The second-order valence-corrected chi connectivity index (χ2v) is 6.72. The van der Waals surface area contributed by atoms with Crippen LogP contribution >= 0.6 is 34.5 Å². The minimum absolute atomic E-state index is 0.0385. The average Bonchev–Trinajstić information content (AvgIpc) is 3.10. The van der Waals surface area contributed by atoms with Crippen LogP contribution in [0.1, 0.15) is 16.1 Å². The number of halogens is 2. The summed E-state index contributed by atoms with van der Waals surface area (Å²) in [6, 6.07) is 1.58. The van der Waals surface area contributed by atoms with Gasteiger partial charge in [0.25, 0.3) is 11.8 Å². The monoisotopic (exact) mass is 357 g/mol. The van der Waals surface area contributed by atoms with Crippen molar-refractivity contribution in [2.75, 3.05) is 5.32 Å². The Bertz CT molecular complexity index is 854. The summed E-state index contributed by atoms with van der Waals surface area (Å²) in [5.74, 6) is -0.246. The summed E-state index contributed by atoms with van der Waals surface area (Å²) in [7, 11) is 1.73. The summed E-state index contributed by atoms with van der Waals surface area (Å²) in [5.41, 5.74) is 1.56. The van der Waals surface area contributed by atoms with Crippen LogP contribution in [0.5, 0.6) is 0 Å². The van der Waals surface area contributed by atoms with Gasteiger partial charge in [-0.2, -0.15) is 5.10 Å². The SMILES string of the molecule is Cc1cn(C)nc1C(=O)Nc1nnc(-c2cc(Cl)sc2Cl)o1. The molecule has 0 unspecified atom stereocenters. The number of nitrogens with one attached hydrogen (secondary N) is 1. The first kappa shape index (κ1) is 15.0. The summed E-state index contributed by atoms with van der Waals surface area (Å²) in [4.78, 5) is 12.1. The Morgan fingerprint density at radius 3 is 2.77 bits per heavy atom. The molecule has 3 rings (SSSR count). The second-order valence-electron chi connectivity index (χ2n) is 4.44. The minimum atomic E-state index is -0.428. The third kappa shape index (κ3) is 2.85. The molecule has 3 heterocycles. The lowest BCUT2D eigenvalue weighted by molar-refractivity contribution is 0.101. The Labute approximate surface area is 138 Å². The molecule has 0 aromatic carbocycles. The number of anilines is 1. The van der Waals surface area contributed by atoms with Crippen LogP contribution in [0, 0.1) is 6.92 Å². The normalized spacial score (nSPS) is 10.9. The predicted molar refractivity (Wildman–Crippen MR) is 83.5 cm³/mol. The van der Waals surface area contributed by atoms with Gasteiger partial charge in [-0.05, 0) is 13.0 Å². The van der Waals surface area contributed by atoms with Crippen LogP contribution < -0.4 is 5.32 Å². The van der Waals surface area contributed by atoms with Crippen LogP contribution in [-0.2, 0) is 7.05 Å². The van der Waals surface area contributed by atoms with Crippen molar-refractivity contribution in [1.29, 1.82) is 0 Å². The number of aryl methyl sites for hydroxylation is 2. The van der Waals surface area contributed by atoms with Crippen molar-refractivity contribution in [2.45, 2.75) is 6.92 Å². The number of hydrogen-bond acceptors (Lipinski definition) is 6.